The first-order valence-electron chi connectivity index (χ1n) is 5.08. The molecule has 1 aromatic rings. The zero-order valence-corrected chi connectivity index (χ0v) is 10.9. The van der Waals surface area contributed by atoms with Crippen molar-refractivity contribution in [2.24, 2.45) is 10.8 Å². The molecule has 1 rings (SSSR count). The highest BCUT2D eigenvalue weighted by atomic mass is 32.1. The van der Waals surface area contributed by atoms with Crippen molar-refractivity contribution in [1.82, 2.24) is 5.43 Å². The number of nitrogens with zero attached hydrogens (tertiary/aromatic N) is 1. The molecule has 6 nitrogen and oxygen atoms in total. The third-order valence-corrected chi connectivity index (χ3v) is 2.10. The standard InChI is InChI=1S/C11H14N4O2S/c1-7(14-15-11(12)18)10(16)13-8-3-5-9(17-2)6-4-8/h3-6H,1-2H3,(H,13,16)(H3,12,15,18)/b14-7-. The Morgan fingerprint density at radius 3 is 2.50 bits per heavy atom. The van der Waals surface area contributed by atoms with E-state index in [-0.39, 0.29) is 16.7 Å². The van der Waals surface area contributed by atoms with Gasteiger partial charge in [-0.3, -0.25) is 10.2 Å². The van der Waals surface area contributed by atoms with Crippen LogP contribution in [0.25, 0.3) is 0 Å². The first kappa shape index (κ1) is 13.9. The number of hydrazone groups is 1. The molecule has 0 bridgehead atoms. The molecule has 96 valence electrons. The van der Waals surface area contributed by atoms with Gasteiger partial charge in [-0.1, -0.05) is 0 Å². The summed E-state index contributed by atoms with van der Waals surface area (Å²) in [5.74, 6) is 0.373. The lowest BCUT2D eigenvalue weighted by Crippen LogP contribution is -2.28. The van der Waals surface area contributed by atoms with Crippen LogP contribution in [0.2, 0.25) is 0 Å². The SMILES string of the molecule is COc1ccc(NC(=O)/C(C)=N\NC(N)=S)cc1. The van der Waals surface area contributed by atoms with Crippen molar-refractivity contribution in [3.8, 4) is 5.75 Å². The van der Waals surface area contributed by atoms with E-state index in [0.717, 1.165) is 0 Å². The molecule has 7 heteroatoms. The highest BCUT2D eigenvalue weighted by Gasteiger charge is 2.06. The molecule has 0 aromatic heterocycles. The third kappa shape index (κ3) is 4.38. The molecule has 0 unspecified atom stereocenters. The quantitative estimate of drug-likeness (QED) is 0.427. The van der Waals surface area contributed by atoms with Gasteiger partial charge in [0.05, 0.1) is 7.11 Å². The van der Waals surface area contributed by atoms with Crippen LogP contribution in [0.3, 0.4) is 0 Å². The molecule has 0 aliphatic heterocycles. The smallest absolute Gasteiger partial charge is 0.271 e. The molecule has 0 atom stereocenters. The summed E-state index contributed by atoms with van der Waals surface area (Å²) in [5, 5.41) is 6.39. The van der Waals surface area contributed by atoms with Gasteiger partial charge in [-0.2, -0.15) is 5.10 Å². The number of hydrogen-bond acceptors (Lipinski definition) is 4. The van der Waals surface area contributed by atoms with E-state index in [9.17, 15) is 4.79 Å². The number of ether oxygens (including phenoxy) is 1. The molecule has 0 saturated heterocycles. The van der Waals surface area contributed by atoms with E-state index in [1.807, 2.05) is 0 Å². The van der Waals surface area contributed by atoms with Crippen LogP contribution in [-0.4, -0.2) is 23.8 Å². The van der Waals surface area contributed by atoms with Gasteiger partial charge >= 0.3 is 0 Å². The van der Waals surface area contributed by atoms with Gasteiger partial charge in [-0.25, -0.2) is 0 Å². The molecular weight excluding hydrogens is 252 g/mol. The fraction of sp³-hybridized carbons (Fsp3) is 0.182. The van der Waals surface area contributed by atoms with Gasteiger partial charge in [0, 0.05) is 5.69 Å². The maximum absolute atomic E-state index is 11.7. The van der Waals surface area contributed by atoms with Crippen molar-refractivity contribution in [3.05, 3.63) is 24.3 Å². The highest BCUT2D eigenvalue weighted by Crippen LogP contribution is 2.14. The summed E-state index contributed by atoms with van der Waals surface area (Å²) in [7, 11) is 1.58. The molecule has 0 fully saturated rings. The average Bonchev–Trinajstić information content (AvgIpc) is 2.36. The van der Waals surface area contributed by atoms with Crippen LogP contribution in [0.5, 0.6) is 5.75 Å². The van der Waals surface area contributed by atoms with Crippen molar-refractivity contribution in [3.63, 3.8) is 0 Å². The zero-order valence-electron chi connectivity index (χ0n) is 10.1. The Labute approximate surface area is 110 Å². The van der Waals surface area contributed by atoms with Crippen LogP contribution in [0, 0.1) is 0 Å². The molecular formula is C11H14N4O2S. The Morgan fingerprint density at radius 2 is 2.00 bits per heavy atom. The van der Waals surface area contributed by atoms with Gasteiger partial charge < -0.3 is 15.8 Å². The van der Waals surface area contributed by atoms with Crippen molar-refractivity contribution < 1.29 is 9.53 Å². The summed E-state index contributed by atoms with van der Waals surface area (Å²) in [6.07, 6.45) is 0. The van der Waals surface area contributed by atoms with E-state index in [4.69, 9.17) is 10.5 Å². The molecule has 1 amide bonds. The van der Waals surface area contributed by atoms with Gasteiger partial charge in [-0.15, -0.1) is 0 Å². The lowest BCUT2D eigenvalue weighted by atomic mass is 10.3. The topological polar surface area (TPSA) is 88.7 Å². The molecule has 0 aliphatic carbocycles. The number of nitrogens with two attached hydrogens (primary N) is 1. The second kappa shape index (κ2) is 6.55. The largest absolute Gasteiger partial charge is 0.497 e. The monoisotopic (exact) mass is 266 g/mol. The minimum Gasteiger partial charge on any atom is -0.497 e. The van der Waals surface area contributed by atoms with E-state index in [1.165, 1.54) is 0 Å². The summed E-state index contributed by atoms with van der Waals surface area (Å²) >= 11 is 4.57. The predicted octanol–water partition coefficient (Wildman–Crippen LogP) is 0.843. The fourth-order valence-electron chi connectivity index (χ4n) is 1.09. The van der Waals surface area contributed by atoms with E-state index in [1.54, 1.807) is 38.3 Å². The Kier molecular flexibility index (Phi) is 5.06. The molecule has 0 saturated carbocycles. The predicted molar refractivity (Wildman–Crippen MR) is 74.7 cm³/mol. The molecule has 0 aliphatic rings. The number of carbonyl (C=O) groups is 1. The number of benzene rings is 1. The van der Waals surface area contributed by atoms with Crippen LogP contribution >= 0.6 is 12.2 Å². The Balaban J connectivity index is 2.63. The minimum atomic E-state index is -0.344. The Morgan fingerprint density at radius 1 is 1.39 bits per heavy atom. The molecule has 0 spiro atoms. The van der Waals surface area contributed by atoms with Gasteiger partial charge in [0.25, 0.3) is 5.91 Å². The molecule has 0 heterocycles. The number of rotatable bonds is 4. The summed E-state index contributed by atoms with van der Waals surface area (Å²) in [6, 6.07) is 6.95. The number of methoxy groups -OCH3 is 1. The molecule has 18 heavy (non-hydrogen) atoms. The maximum Gasteiger partial charge on any atom is 0.271 e. The van der Waals surface area contributed by atoms with Crippen molar-refractivity contribution in [2.45, 2.75) is 6.92 Å². The van der Waals surface area contributed by atoms with E-state index >= 15 is 0 Å². The molecule has 1 aromatic carbocycles. The maximum atomic E-state index is 11.7. The molecule has 4 N–H and O–H groups in total. The van der Waals surface area contributed by atoms with Crippen LogP contribution in [0.4, 0.5) is 5.69 Å². The third-order valence-electron chi connectivity index (χ3n) is 2.01. The van der Waals surface area contributed by atoms with Gasteiger partial charge in [0.2, 0.25) is 0 Å². The lowest BCUT2D eigenvalue weighted by Gasteiger charge is -2.06. The molecule has 0 radical (unpaired) electrons. The van der Waals surface area contributed by atoms with E-state index in [0.29, 0.717) is 11.4 Å². The number of hydrogen-bond donors (Lipinski definition) is 3. The van der Waals surface area contributed by atoms with Gasteiger partial charge in [-0.05, 0) is 43.4 Å². The van der Waals surface area contributed by atoms with Gasteiger partial charge in [0.15, 0.2) is 5.11 Å². The summed E-state index contributed by atoms with van der Waals surface area (Å²) in [6.45, 7) is 1.55. The number of amides is 1. The first-order chi connectivity index (χ1) is 8.52. The lowest BCUT2D eigenvalue weighted by molar-refractivity contribution is -0.110. The summed E-state index contributed by atoms with van der Waals surface area (Å²) < 4.78 is 5.01. The van der Waals surface area contributed by atoms with E-state index in [2.05, 4.69) is 28.1 Å². The average molecular weight is 266 g/mol. The van der Waals surface area contributed by atoms with E-state index < -0.39 is 0 Å². The summed E-state index contributed by atoms with van der Waals surface area (Å²) in [5.41, 5.74) is 8.40. The van der Waals surface area contributed by atoms with Crippen LogP contribution in [0.15, 0.2) is 29.4 Å². The van der Waals surface area contributed by atoms with Crippen LogP contribution in [0.1, 0.15) is 6.92 Å². The highest BCUT2D eigenvalue weighted by molar-refractivity contribution is 7.80. The number of anilines is 1. The second-order valence-corrected chi connectivity index (χ2v) is 3.80. The second-order valence-electron chi connectivity index (χ2n) is 3.36. The Hall–Kier alpha value is -2.15. The number of thiocarbonyl (C=S) groups is 1. The van der Waals surface area contributed by atoms with Crippen molar-refractivity contribution in [2.75, 3.05) is 12.4 Å². The fourth-order valence-corrected chi connectivity index (χ4v) is 1.13. The van der Waals surface area contributed by atoms with Crippen molar-refractivity contribution in [1.29, 1.82) is 0 Å². The van der Waals surface area contributed by atoms with Crippen LogP contribution < -0.4 is 21.2 Å². The summed E-state index contributed by atoms with van der Waals surface area (Å²) in [4.78, 5) is 11.7. The van der Waals surface area contributed by atoms with Crippen LogP contribution in [-0.2, 0) is 4.79 Å². The minimum absolute atomic E-state index is 0.00611. The number of carbonyl (C=O) groups excluding carboxylic acids is 1. The van der Waals surface area contributed by atoms with Crippen molar-refractivity contribution >= 4 is 34.6 Å². The first-order valence-corrected chi connectivity index (χ1v) is 5.49. The van der Waals surface area contributed by atoms with Gasteiger partial charge in [0.1, 0.15) is 11.5 Å². The Bertz CT molecular complexity index is 470. The normalized spacial score (nSPS) is 10.7. The zero-order chi connectivity index (χ0) is 13.5. The number of nitrogens with one attached hydrogen (secondary N) is 2.